The SMILES string of the molecule is N#CCn1c(N2CC3(CCOC3)C2)c(CC2CC(F)(F)C2)c(=O)n(-c2cncc(Cl)c2)c1=O. The Morgan fingerprint density at radius 3 is 2.64 bits per heavy atom. The second-order valence-electron chi connectivity index (χ2n) is 9.32. The molecule has 0 bridgehead atoms. The lowest BCUT2D eigenvalue weighted by atomic mass is 9.76. The fourth-order valence-corrected chi connectivity index (χ4v) is 5.39. The van der Waals surface area contributed by atoms with Gasteiger partial charge >= 0.3 is 5.69 Å². The molecule has 4 heterocycles. The fraction of sp³-hybridized carbons (Fsp3) is 0.545. The van der Waals surface area contributed by atoms with Gasteiger partial charge in [0.2, 0.25) is 5.92 Å². The van der Waals surface area contributed by atoms with Crippen molar-refractivity contribution in [3.63, 3.8) is 0 Å². The zero-order chi connectivity index (χ0) is 23.4. The molecule has 3 aliphatic rings. The molecule has 1 aliphatic carbocycles. The van der Waals surface area contributed by atoms with Crippen LogP contribution in [-0.4, -0.2) is 46.3 Å². The van der Waals surface area contributed by atoms with E-state index in [0.29, 0.717) is 32.1 Å². The molecule has 3 fully saturated rings. The van der Waals surface area contributed by atoms with Crippen LogP contribution < -0.4 is 16.1 Å². The molecule has 33 heavy (non-hydrogen) atoms. The molecule has 8 nitrogen and oxygen atoms in total. The number of nitriles is 1. The number of hydrogen-bond donors (Lipinski definition) is 0. The third kappa shape index (κ3) is 3.83. The Morgan fingerprint density at radius 1 is 1.27 bits per heavy atom. The standard InChI is InChI=1S/C22H22ClF2N5O3/c23-15-6-16(10-27-9-15)30-19(31)17(5-14-7-22(24,25)8-14)18(29(3-2-26)20(30)32)28-11-21(12-28)1-4-33-13-21/h6,9-10,14H,1,3-5,7-8,11-13H2. The van der Waals surface area contributed by atoms with Crippen LogP contribution in [0.5, 0.6) is 0 Å². The minimum absolute atomic E-state index is 0.0416. The number of anilines is 1. The molecule has 1 spiro atoms. The van der Waals surface area contributed by atoms with E-state index in [1.54, 1.807) is 0 Å². The van der Waals surface area contributed by atoms with Gasteiger partial charge in [0.05, 0.1) is 35.1 Å². The predicted octanol–water partition coefficient (Wildman–Crippen LogP) is 2.39. The van der Waals surface area contributed by atoms with Crippen LogP contribution >= 0.6 is 11.6 Å². The number of nitrogens with zero attached hydrogens (tertiary/aromatic N) is 5. The highest BCUT2D eigenvalue weighted by Gasteiger charge is 2.49. The van der Waals surface area contributed by atoms with Gasteiger partial charge in [0.1, 0.15) is 12.4 Å². The first-order valence-electron chi connectivity index (χ1n) is 10.8. The Bertz CT molecular complexity index is 1250. The second-order valence-corrected chi connectivity index (χ2v) is 9.76. The summed E-state index contributed by atoms with van der Waals surface area (Å²) in [5.74, 6) is -2.76. The number of aromatic nitrogens is 3. The number of ether oxygens (including phenoxy) is 1. The Labute approximate surface area is 193 Å². The summed E-state index contributed by atoms with van der Waals surface area (Å²) in [6.07, 6.45) is 3.07. The molecular weight excluding hydrogens is 456 g/mol. The van der Waals surface area contributed by atoms with E-state index in [4.69, 9.17) is 16.3 Å². The van der Waals surface area contributed by atoms with Crippen molar-refractivity contribution in [2.24, 2.45) is 11.3 Å². The van der Waals surface area contributed by atoms with Gasteiger partial charge < -0.3 is 9.64 Å². The van der Waals surface area contributed by atoms with Crippen LogP contribution in [-0.2, 0) is 17.7 Å². The summed E-state index contributed by atoms with van der Waals surface area (Å²) in [6.45, 7) is 2.13. The normalized spacial score (nSPS) is 21.0. The number of rotatable bonds is 5. The van der Waals surface area contributed by atoms with Crippen molar-refractivity contribution in [3.8, 4) is 11.8 Å². The maximum absolute atomic E-state index is 13.6. The highest BCUT2D eigenvalue weighted by Crippen LogP contribution is 2.46. The third-order valence-corrected chi connectivity index (χ3v) is 7.00. The number of halogens is 3. The van der Waals surface area contributed by atoms with Gasteiger partial charge in [-0.15, -0.1) is 0 Å². The molecule has 2 aliphatic heterocycles. The Hall–Kier alpha value is -2.77. The first-order chi connectivity index (χ1) is 15.7. The molecule has 5 rings (SSSR count). The maximum Gasteiger partial charge on any atom is 0.338 e. The molecule has 2 aromatic heterocycles. The summed E-state index contributed by atoms with van der Waals surface area (Å²) in [6, 6.07) is 3.43. The lowest BCUT2D eigenvalue weighted by Gasteiger charge is -2.49. The van der Waals surface area contributed by atoms with E-state index in [0.717, 1.165) is 11.0 Å². The summed E-state index contributed by atoms with van der Waals surface area (Å²) in [7, 11) is 0. The zero-order valence-corrected chi connectivity index (χ0v) is 18.5. The molecule has 174 valence electrons. The van der Waals surface area contributed by atoms with Gasteiger partial charge in [-0.2, -0.15) is 5.26 Å². The van der Waals surface area contributed by atoms with Crippen LogP contribution in [0.2, 0.25) is 5.02 Å². The van der Waals surface area contributed by atoms with Crippen molar-refractivity contribution < 1.29 is 13.5 Å². The van der Waals surface area contributed by atoms with E-state index >= 15 is 0 Å². The average molecular weight is 478 g/mol. The van der Waals surface area contributed by atoms with Gasteiger partial charge in [-0.25, -0.2) is 18.1 Å². The third-order valence-electron chi connectivity index (χ3n) is 6.79. The molecule has 2 saturated heterocycles. The van der Waals surface area contributed by atoms with Crippen LogP contribution in [0.1, 0.15) is 24.8 Å². The summed E-state index contributed by atoms with van der Waals surface area (Å²) >= 11 is 6.03. The summed E-state index contributed by atoms with van der Waals surface area (Å²) in [5, 5.41) is 9.69. The molecule has 2 aromatic rings. The average Bonchev–Trinajstić information content (AvgIpc) is 3.20. The van der Waals surface area contributed by atoms with E-state index in [1.807, 2.05) is 11.0 Å². The number of pyridine rings is 1. The molecular formula is C22H22ClF2N5O3. The lowest BCUT2D eigenvalue weighted by molar-refractivity contribution is -0.109. The first-order valence-corrected chi connectivity index (χ1v) is 11.2. The zero-order valence-electron chi connectivity index (χ0n) is 17.8. The van der Waals surface area contributed by atoms with E-state index in [2.05, 4.69) is 4.98 Å². The minimum atomic E-state index is -2.73. The molecule has 1 saturated carbocycles. The highest BCUT2D eigenvalue weighted by atomic mass is 35.5. The van der Waals surface area contributed by atoms with E-state index in [-0.39, 0.29) is 53.4 Å². The van der Waals surface area contributed by atoms with Crippen LogP contribution in [0.4, 0.5) is 14.6 Å². The van der Waals surface area contributed by atoms with Crippen molar-refractivity contribution in [1.82, 2.24) is 14.1 Å². The first kappa shape index (κ1) is 22.0. The van der Waals surface area contributed by atoms with Gasteiger partial charge in [-0.1, -0.05) is 11.6 Å². The van der Waals surface area contributed by atoms with Gasteiger partial charge in [0, 0.05) is 44.1 Å². The Morgan fingerprint density at radius 2 is 2.03 bits per heavy atom. The predicted molar refractivity (Wildman–Crippen MR) is 116 cm³/mol. The minimum Gasteiger partial charge on any atom is -0.381 e. The van der Waals surface area contributed by atoms with E-state index in [9.17, 15) is 23.6 Å². The van der Waals surface area contributed by atoms with Gasteiger partial charge in [-0.3, -0.25) is 14.3 Å². The van der Waals surface area contributed by atoms with E-state index < -0.39 is 17.2 Å². The molecule has 0 radical (unpaired) electrons. The van der Waals surface area contributed by atoms with E-state index in [1.165, 1.54) is 23.0 Å². The van der Waals surface area contributed by atoms with Crippen molar-refractivity contribution in [1.29, 1.82) is 5.26 Å². The fourth-order valence-electron chi connectivity index (χ4n) is 5.23. The summed E-state index contributed by atoms with van der Waals surface area (Å²) in [4.78, 5) is 32.9. The maximum atomic E-state index is 13.6. The van der Waals surface area contributed by atoms with Crippen LogP contribution in [0.15, 0.2) is 28.0 Å². The molecule has 0 atom stereocenters. The van der Waals surface area contributed by atoms with Gasteiger partial charge in [-0.05, 0) is 24.8 Å². The van der Waals surface area contributed by atoms with Crippen molar-refractivity contribution >= 4 is 17.4 Å². The van der Waals surface area contributed by atoms with Gasteiger partial charge in [0.25, 0.3) is 5.56 Å². The van der Waals surface area contributed by atoms with Crippen LogP contribution in [0.25, 0.3) is 5.69 Å². The number of hydrogen-bond acceptors (Lipinski definition) is 6. The molecule has 11 heteroatoms. The highest BCUT2D eigenvalue weighted by molar-refractivity contribution is 6.30. The molecule has 0 N–H and O–H groups in total. The second kappa shape index (κ2) is 7.92. The molecule has 0 unspecified atom stereocenters. The Balaban J connectivity index is 1.65. The van der Waals surface area contributed by atoms with Crippen molar-refractivity contribution in [2.75, 3.05) is 31.2 Å². The lowest BCUT2D eigenvalue weighted by Crippen LogP contribution is -2.59. The van der Waals surface area contributed by atoms with Crippen molar-refractivity contribution in [3.05, 3.63) is 49.9 Å². The van der Waals surface area contributed by atoms with Gasteiger partial charge in [0.15, 0.2) is 0 Å². The smallest absolute Gasteiger partial charge is 0.338 e. The summed E-state index contributed by atoms with van der Waals surface area (Å²) < 4.78 is 34.8. The molecule has 0 amide bonds. The summed E-state index contributed by atoms with van der Waals surface area (Å²) in [5.41, 5.74) is -0.890. The largest absolute Gasteiger partial charge is 0.381 e. The van der Waals surface area contributed by atoms with Crippen LogP contribution in [0, 0.1) is 22.7 Å². The number of alkyl halides is 2. The Kier molecular flexibility index (Phi) is 5.29. The monoisotopic (exact) mass is 477 g/mol. The molecule has 0 aromatic carbocycles. The quantitative estimate of drug-likeness (QED) is 0.656. The van der Waals surface area contributed by atoms with Crippen LogP contribution in [0.3, 0.4) is 0 Å². The van der Waals surface area contributed by atoms with Crippen molar-refractivity contribution in [2.45, 2.75) is 38.2 Å². The topological polar surface area (TPSA) is 93.2 Å².